The molecule has 1 atom stereocenters. The SMILES string of the molecule is CCC1CCCN(c2sc(S(C)(=O)=O)cc2[N+](=O)[O-])C1. The average Bonchev–Trinajstić information content (AvgIpc) is 2.84. The molecule has 0 aliphatic carbocycles. The van der Waals surface area contributed by atoms with Crippen LogP contribution in [-0.2, 0) is 9.84 Å². The van der Waals surface area contributed by atoms with Gasteiger partial charge in [-0.15, -0.1) is 0 Å². The van der Waals surface area contributed by atoms with Crippen molar-refractivity contribution >= 4 is 31.9 Å². The van der Waals surface area contributed by atoms with E-state index in [1.807, 2.05) is 4.90 Å². The molecule has 0 bridgehead atoms. The van der Waals surface area contributed by atoms with Gasteiger partial charge in [0.2, 0.25) is 0 Å². The van der Waals surface area contributed by atoms with E-state index >= 15 is 0 Å². The zero-order valence-corrected chi connectivity index (χ0v) is 13.2. The van der Waals surface area contributed by atoms with E-state index in [0.717, 1.165) is 49.9 Å². The van der Waals surface area contributed by atoms with Crippen molar-refractivity contribution in [2.45, 2.75) is 30.4 Å². The number of sulfone groups is 1. The van der Waals surface area contributed by atoms with Crippen LogP contribution in [0.4, 0.5) is 10.7 Å². The first-order valence-corrected chi connectivity index (χ1v) is 9.27. The third-order valence-corrected chi connectivity index (χ3v) is 6.60. The topological polar surface area (TPSA) is 80.5 Å². The number of nitro groups is 1. The molecule has 0 N–H and O–H groups in total. The fraction of sp³-hybridized carbons (Fsp3) is 0.667. The van der Waals surface area contributed by atoms with Crippen LogP contribution in [-0.4, -0.2) is 32.7 Å². The van der Waals surface area contributed by atoms with Crippen LogP contribution in [0.5, 0.6) is 0 Å². The van der Waals surface area contributed by atoms with Gasteiger partial charge in [0.05, 0.1) is 4.92 Å². The van der Waals surface area contributed by atoms with E-state index in [1.54, 1.807) is 0 Å². The number of thiophene rings is 1. The van der Waals surface area contributed by atoms with Crippen molar-refractivity contribution in [1.82, 2.24) is 0 Å². The molecule has 0 amide bonds. The Hall–Kier alpha value is -1.15. The Labute approximate surface area is 122 Å². The van der Waals surface area contributed by atoms with Gasteiger partial charge in [0.1, 0.15) is 4.21 Å². The van der Waals surface area contributed by atoms with Gasteiger partial charge in [0.25, 0.3) is 0 Å². The lowest BCUT2D eigenvalue weighted by Crippen LogP contribution is -2.34. The maximum atomic E-state index is 11.6. The van der Waals surface area contributed by atoms with Gasteiger partial charge in [0, 0.05) is 25.4 Å². The van der Waals surface area contributed by atoms with Gasteiger partial charge < -0.3 is 4.90 Å². The number of hydrogen-bond acceptors (Lipinski definition) is 6. The van der Waals surface area contributed by atoms with Crippen LogP contribution in [0.25, 0.3) is 0 Å². The van der Waals surface area contributed by atoms with E-state index < -0.39 is 14.8 Å². The predicted octanol–water partition coefficient (Wildman–Crippen LogP) is 2.69. The molecule has 0 spiro atoms. The minimum atomic E-state index is -3.41. The van der Waals surface area contributed by atoms with Gasteiger partial charge in [-0.3, -0.25) is 10.1 Å². The van der Waals surface area contributed by atoms with Crippen LogP contribution in [0.15, 0.2) is 10.3 Å². The molecule has 1 aliphatic heterocycles. The van der Waals surface area contributed by atoms with Crippen molar-refractivity contribution in [3.05, 3.63) is 16.2 Å². The highest BCUT2D eigenvalue weighted by molar-refractivity contribution is 7.92. The summed E-state index contributed by atoms with van der Waals surface area (Å²) in [6, 6.07) is 1.19. The summed E-state index contributed by atoms with van der Waals surface area (Å²) in [5, 5.41) is 11.6. The van der Waals surface area contributed by atoms with Crippen LogP contribution < -0.4 is 4.90 Å². The molecule has 1 unspecified atom stereocenters. The summed E-state index contributed by atoms with van der Waals surface area (Å²) >= 11 is 1.01. The second kappa shape index (κ2) is 5.69. The van der Waals surface area contributed by atoms with Gasteiger partial charge in [-0.1, -0.05) is 24.7 Å². The van der Waals surface area contributed by atoms with Gasteiger partial charge in [0.15, 0.2) is 14.8 Å². The zero-order valence-electron chi connectivity index (χ0n) is 11.5. The normalized spacial score (nSPS) is 20.1. The molecule has 1 fully saturated rings. The lowest BCUT2D eigenvalue weighted by atomic mass is 9.96. The lowest BCUT2D eigenvalue weighted by molar-refractivity contribution is -0.383. The first kappa shape index (κ1) is 15.2. The van der Waals surface area contributed by atoms with Crippen LogP contribution in [0.1, 0.15) is 26.2 Å². The molecule has 1 saturated heterocycles. The molecule has 6 nitrogen and oxygen atoms in total. The minimum absolute atomic E-state index is 0.0674. The number of piperidine rings is 1. The fourth-order valence-electron chi connectivity index (χ4n) is 2.47. The molecule has 1 aromatic rings. The van der Waals surface area contributed by atoms with Crippen molar-refractivity contribution in [3.8, 4) is 0 Å². The molecule has 2 rings (SSSR count). The second-order valence-electron chi connectivity index (χ2n) is 5.15. The molecule has 20 heavy (non-hydrogen) atoms. The van der Waals surface area contributed by atoms with Gasteiger partial charge in [-0.2, -0.15) is 0 Å². The molecule has 0 radical (unpaired) electrons. The number of anilines is 1. The maximum Gasteiger partial charge on any atom is 0.305 e. The molecule has 0 aromatic carbocycles. The highest BCUT2D eigenvalue weighted by Crippen LogP contribution is 2.41. The van der Waals surface area contributed by atoms with E-state index in [0.29, 0.717) is 10.9 Å². The Morgan fingerprint density at radius 3 is 2.80 bits per heavy atom. The van der Waals surface area contributed by atoms with Crippen molar-refractivity contribution in [2.75, 3.05) is 24.2 Å². The summed E-state index contributed by atoms with van der Waals surface area (Å²) in [4.78, 5) is 12.6. The van der Waals surface area contributed by atoms with Crippen LogP contribution in [0, 0.1) is 16.0 Å². The van der Waals surface area contributed by atoms with Gasteiger partial charge in [-0.05, 0) is 18.8 Å². The molecule has 1 aromatic heterocycles. The third-order valence-electron chi connectivity index (χ3n) is 3.62. The smallest absolute Gasteiger partial charge is 0.305 e. The number of rotatable bonds is 4. The molecule has 2 heterocycles. The summed E-state index contributed by atoms with van der Waals surface area (Å²) in [6.07, 6.45) is 4.23. The summed E-state index contributed by atoms with van der Waals surface area (Å²) in [6.45, 7) is 3.63. The van der Waals surface area contributed by atoms with E-state index in [-0.39, 0.29) is 9.90 Å². The molecule has 8 heteroatoms. The first-order chi connectivity index (χ1) is 9.32. The Morgan fingerprint density at radius 2 is 2.25 bits per heavy atom. The Bertz CT molecular complexity index is 609. The Morgan fingerprint density at radius 1 is 1.55 bits per heavy atom. The maximum absolute atomic E-state index is 11.6. The Kier molecular flexibility index (Phi) is 4.33. The van der Waals surface area contributed by atoms with Crippen LogP contribution in [0.2, 0.25) is 0 Å². The lowest BCUT2D eigenvalue weighted by Gasteiger charge is -2.32. The average molecular weight is 318 g/mol. The fourth-order valence-corrected chi connectivity index (χ4v) is 4.54. The molecular weight excluding hydrogens is 300 g/mol. The van der Waals surface area contributed by atoms with Crippen molar-refractivity contribution in [3.63, 3.8) is 0 Å². The summed E-state index contributed by atoms with van der Waals surface area (Å²) in [5.74, 6) is 0.520. The summed E-state index contributed by atoms with van der Waals surface area (Å²) in [7, 11) is -3.41. The van der Waals surface area contributed by atoms with Crippen molar-refractivity contribution < 1.29 is 13.3 Å². The van der Waals surface area contributed by atoms with Gasteiger partial charge >= 0.3 is 5.69 Å². The monoisotopic (exact) mass is 318 g/mol. The van der Waals surface area contributed by atoms with E-state index in [4.69, 9.17) is 0 Å². The van der Waals surface area contributed by atoms with Crippen molar-refractivity contribution in [2.24, 2.45) is 5.92 Å². The predicted molar refractivity (Wildman–Crippen MR) is 79.3 cm³/mol. The first-order valence-electron chi connectivity index (χ1n) is 6.56. The summed E-state index contributed by atoms with van der Waals surface area (Å²) in [5.41, 5.74) is -0.0906. The second-order valence-corrected chi connectivity index (χ2v) is 8.42. The summed E-state index contributed by atoms with van der Waals surface area (Å²) < 4.78 is 23.3. The quantitative estimate of drug-likeness (QED) is 0.630. The number of hydrogen-bond donors (Lipinski definition) is 0. The van der Waals surface area contributed by atoms with Crippen molar-refractivity contribution in [1.29, 1.82) is 0 Å². The molecular formula is C12H18N2O4S2. The largest absolute Gasteiger partial charge is 0.357 e. The highest BCUT2D eigenvalue weighted by Gasteiger charge is 2.29. The minimum Gasteiger partial charge on any atom is -0.357 e. The van der Waals surface area contributed by atoms with Crippen LogP contribution in [0.3, 0.4) is 0 Å². The highest BCUT2D eigenvalue weighted by atomic mass is 32.2. The van der Waals surface area contributed by atoms with E-state index in [1.165, 1.54) is 6.07 Å². The third kappa shape index (κ3) is 3.12. The number of nitrogens with zero attached hydrogens (tertiary/aromatic N) is 2. The standard InChI is InChI=1S/C12H18N2O4S2/c1-3-9-5-4-6-13(8-9)12-10(14(15)16)7-11(19-12)20(2,17)18/h7,9H,3-6,8H2,1-2H3. The van der Waals surface area contributed by atoms with E-state index in [9.17, 15) is 18.5 Å². The molecule has 1 aliphatic rings. The Balaban J connectivity index is 2.39. The molecule has 112 valence electrons. The zero-order chi connectivity index (χ0) is 14.9. The van der Waals surface area contributed by atoms with Crippen LogP contribution >= 0.6 is 11.3 Å². The van der Waals surface area contributed by atoms with Gasteiger partial charge in [-0.25, -0.2) is 8.42 Å². The molecule has 0 saturated carbocycles. The van der Waals surface area contributed by atoms with E-state index in [2.05, 4.69) is 6.92 Å².